The van der Waals surface area contributed by atoms with Crippen molar-refractivity contribution < 1.29 is 4.79 Å². The number of allylic oxidation sites excluding steroid dienone is 2. The van der Waals surface area contributed by atoms with Gasteiger partial charge in [-0.05, 0) is 24.8 Å². The zero-order valence-corrected chi connectivity index (χ0v) is 9.66. The van der Waals surface area contributed by atoms with Gasteiger partial charge in [0.25, 0.3) is 0 Å². The molecule has 1 aromatic rings. The molecule has 0 aromatic heterocycles. The van der Waals surface area contributed by atoms with Crippen molar-refractivity contribution in [1.82, 2.24) is 0 Å². The average Bonchev–Trinajstić information content (AvgIpc) is 2.21. The van der Waals surface area contributed by atoms with Gasteiger partial charge in [0.2, 0.25) is 0 Å². The van der Waals surface area contributed by atoms with Crippen LogP contribution in [-0.4, -0.2) is 6.29 Å². The van der Waals surface area contributed by atoms with E-state index in [2.05, 4.69) is 13.8 Å². The molecule has 1 nitrogen and oxygen atoms in total. The van der Waals surface area contributed by atoms with Gasteiger partial charge in [-0.25, -0.2) is 0 Å². The molecule has 0 saturated carbocycles. The van der Waals surface area contributed by atoms with Crippen LogP contribution >= 0.6 is 0 Å². The lowest BCUT2D eigenvalue weighted by atomic mass is 10.0. The average molecular weight is 202 g/mol. The van der Waals surface area contributed by atoms with Gasteiger partial charge in [0.15, 0.2) is 0 Å². The second-order valence-corrected chi connectivity index (χ2v) is 4.27. The van der Waals surface area contributed by atoms with Crippen molar-refractivity contribution >= 4 is 11.9 Å². The van der Waals surface area contributed by atoms with Crippen molar-refractivity contribution in [2.75, 3.05) is 0 Å². The predicted molar refractivity (Wildman–Crippen MR) is 64.7 cm³/mol. The first-order valence-electron chi connectivity index (χ1n) is 5.36. The Hall–Kier alpha value is -1.37. The van der Waals surface area contributed by atoms with Crippen molar-refractivity contribution in [1.29, 1.82) is 0 Å². The Labute approximate surface area is 91.8 Å². The second kappa shape index (κ2) is 5.50. The molecule has 15 heavy (non-hydrogen) atoms. The number of carbonyl (C=O) groups is 1. The molecule has 0 saturated heterocycles. The Morgan fingerprint density at radius 3 is 2.33 bits per heavy atom. The highest BCUT2D eigenvalue weighted by molar-refractivity contribution is 6.06. The van der Waals surface area contributed by atoms with E-state index in [1.807, 2.05) is 37.3 Å². The minimum absolute atomic E-state index is 0.588. The molecule has 0 amide bonds. The van der Waals surface area contributed by atoms with E-state index in [-0.39, 0.29) is 0 Å². The topological polar surface area (TPSA) is 17.1 Å². The van der Waals surface area contributed by atoms with Gasteiger partial charge in [-0.15, -0.1) is 0 Å². The SMILES string of the molecule is Cc1ccc(C(C=O)=CCC(C)C)cc1. The Bertz CT molecular complexity index is 344. The molecule has 0 fully saturated rings. The highest BCUT2D eigenvalue weighted by Crippen LogP contribution is 2.15. The molecule has 1 aromatic carbocycles. The molecule has 0 atom stereocenters. The van der Waals surface area contributed by atoms with Crippen LogP contribution in [-0.2, 0) is 4.79 Å². The monoisotopic (exact) mass is 202 g/mol. The lowest BCUT2D eigenvalue weighted by Gasteiger charge is -2.03. The maximum atomic E-state index is 10.9. The van der Waals surface area contributed by atoms with E-state index in [0.29, 0.717) is 5.92 Å². The summed E-state index contributed by atoms with van der Waals surface area (Å²) in [5.41, 5.74) is 3.02. The summed E-state index contributed by atoms with van der Waals surface area (Å²) < 4.78 is 0. The quantitative estimate of drug-likeness (QED) is 0.538. The lowest BCUT2D eigenvalue weighted by molar-refractivity contribution is -0.103. The number of aldehydes is 1. The normalized spacial score (nSPS) is 11.9. The highest BCUT2D eigenvalue weighted by atomic mass is 16.1. The highest BCUT2D eigenvalue weighted by Gasteiger charge is 2.00. The van der Waals surface area contributed by atoms with Crippen LogP contribution in [0, 0.1) is 12.8 Å². The number of carbonyl (C=O) groups excluding carboxylic acids is 1. The molecule has 0 aliphatic heterocycles. The van der Waals surface area contributed by atoms with E-state index in [1.165, 1.54) is 5.56 Å². The molecule has 0 unspecified atom stereocenters. The first kappa shape index (κ1) is 11.7. The summed E-state index contributed by atoms with van der Waals surface area (Å²) in [6.45, 7) is 6.34. The Kier molecular flexibility index (Phi) is 4.29. The van der Waals surface area contributed by atoms with E-state index in [0.717, 1.165) is 23.8 Å². The summed E-state index contributed by atoms with van der Waals surface area (Å²) in [4.78, 5) is 10.9. The molecule has 0 aliphatic carbocycles. The fourth-order valence-corrected chi connectivity index (χ4v) is 1.34. The van der Waals surface area contributed by atoms with Crippen molar-refractivity contribution in [2.45, 2.75) is 27.2 Å². The number of hydrogen-bond acceptors (Lipinski definition) is 1. The molecule has 0 bridgehead atoms. The van der Waals surface area contributed by atoms with Gasteiger partial charge in [-0.2, -0.15) is 0 Å². The van der Waals surface area contributed by atoms with Crippen LogP contribution in [0.25, 0.3) is 5.57 Å². The van der Waals surface area contributed by atoms with Crippen LogP contribution in [0.2, 0.25) is 0 Å². The molecule has 0 aliphatic rings. The Morgan fingerprint density at radius 2 is 1.87 bits per heavy atom. The second-order valence-electron chi connectivity index (χ2n) is 4.27. The minimum atomic E-state index is 0.588. The maximum Gasteiger partial charge on any atom is 0.150 e. The lowest BCUT2D eigenvalue weighted by Crippen LogP contribution is -1.89. The van der Waals surface area contributed by atoms with E-state index < -0.39 is 0 Å². The van der Waals surface area contributed by atoms with Crippen LogP contribution in [0.15, 0.2) is 30.3 Å². The first-order chi connectivity index (χ1) is 7.13. The van der Waals surface area contributed by atoms with Gasteiger partial charge < -0.3 is 0 Å². The fourth-order valence-electron chi connectivity index (χ4n) is 1.34. The summed E-state index contributed by atoms with van der Waals surface area (Å²) in [5.74, 6) is 0.588. The van der Waals surface area contributed by atoms with Crippen LogP contribution < -0.4 is 0 Å². The van der Waals surface area contributed by atoms with Crippen LogP contribution in [0.5, 0.6) is 0 Å². The number of rotatable bonds is 4. The molecule has 1 heteroatoms. The largest absolute Gasteiger partial charge is 0.298 e. The van der Waals surface area contributed by atoms with Gasteiger partial charge >= 0.3 is 0 Å². The van der Waals surface area contributed by atoms with Crippen molar-refractivity contribution in [3.63, 3.8) is 0 Å². The zero-order valence-electron chi connectivity index (χ0n) is 9.66. The third kappa shape index (κ3) is 3.70. The molecular weight excluding hydrogens is 184 g/mol. The van der Waals surface area contributed by atoms with Crippen LogP contribution in [0.4, 0.5) is 0 Å². The molecule has 0 N–H and O–H groups in total. The molecule has 0 radical (unpaired) electrons. The Morgan fingerprint density at radius 1 is 1.27 bits per heavy atom. The van der Waals surface area contributed by atoms with E-state index in [1.54, 1.807) is 0 Å². The number of hydrogen-bond donors (Lipinski definition) is 0. The fraction of sp³-hybridized carbons (Fsp3) is 0.357. The van der Waals surface area contributed by atoms with Gasteiger partial charge in [0.1, 0.15) is 6.29 Å². The summed E-state index contributed by atoms with van der Waals surface area (Å²) in [6, 6.07) is 8.05. The molecule has 0 heterocycles. The zero-order chi connectivity index (χ0) is 11.3. The summed E-state index contributed by atoms with van der Waals surface area (Å²) in [6.07, 6.45) is 3.90. The van der Waals surface area contributed by atoms with Crippen molar-refractivity contribution in [3.8, 4) is 0 Å². The van der Waals surface area contributed by atoms with Crippen molar-refractivity contribution in [2.24, 2.45) is 5.92 Å². The third-order valence-electron chi connectivity index (χ3n) is 2.32. The summed E-state index contributed by atoms with van der Waals surface area (Å²) in [7, 11) is 0. The molecule has 0 spiro atoms. The molecular formula is C14H18O. The number of benzene rings is 1. The number of aryl methyl sites for hydroxylation is 1. The van der Waals surface area contributed by atoms with Crippen LogP contribution in [0.3, 0.4) is 0 Å². The maximum absolute atomic E-state index is 10.9. The Balaban J connectivity index is 2.87. The van der Waals surface area contributed by atoms with E-state index in [9.17, 15) is 4.79 Å². The minimum Gasteiger partial charge on any atom is -0.298 e. The van der Waals surface area contributed by atoms with Gasteiger partial charge in [0.05, 0.1) is 0 Å². The first-order valence-corrected chi connectivity index (χ1v) is 5.36. The summed E-state index contributed by atoms with van der Waals surface area (Å²) >= 11 is 0. The van der Waals surface area contributed by atoms with E-state index in [4.69, 9.17) is 0 Å². The standard InChI is InChI=1S/C14H18O/c1-11(2)4-7-14(10-15)13-8-5-12(3)6-9-13/h5-11H,4H2,1-3H3. The molecule has 80 valence electrons. The van der Waals surface area contributed by atoms with Gasteiger partial charge in [-0.1, -0.05) is 49.8 Å². The van der Waals surface area contributed by atoms with E-state index >= 15 is 0 Å². The predicted octanol–water partition coefficient (Wildman–Crippen LogP) is 3.62. The summed E-state index contributed by atoms with van der Waals surface area (Å²) in [5, 5.41) is 0. The third-order valence-corrected chi connectivity index (χ3v) is 2.32. The van der Waals surface area contributed by atoms with Gasteiger partial charge in [-0.3, -0.25) is 4.79 Å². The smallest absolute Gasteiger partial charge is 0.150 e. The van der Waals surface area contributed by atoms with Gasteiger partial charge in [0, 0.05) is 5.57 Å². The van der Waals surface area contributed by atoms with Crippen LogP contribution in [0.1, 0.15) is 31.4 Å². The molecule has 1 rings (SSSR count). The van der Waals surface area contributed by atoms with Crippen molar-refractivity contribution in [3.05, 3.63) is 41.5 Å².